The monoisotopic (exact) mass is 264 g/mol. The molecular weight excluding hydrogens is 244 g/mol. The highest BCUT2D eigenvalue weighted by Gasteiger charge is 2.26. The van der Waals surface area contributed by atoms with Gasteiger partial charge in [0.1, 0.15) is 0 Å². The summed E-state index contributed by atoms with van der Waals surface area (Å²) < 4.78 is 0. The third kappa shape index (κ3) is 2.75. The fraction of sp³-hybridized carbons (Fsp3) is 0.500. The highest BCUT2D eigenvalue weighted by molar-refractivity contribution is 5.96. The molecule has 0 spiro atoms. The third-order valence-electron chi connectivity index (χ3n) is 3.27. The van der Waals surface area contributed by atoms with Gasteiger partial charge in [-0.15, -0.1) is 0 Å². The van der Waals surface area contributed by atoms with Crippen molar-refractivity contribution >= 4 is 11.6 Å². The van der Waals surface area contributed by atoms with Crippen LogP contribution in [0.5, 0.6) is 0 Å². The van der Waals surface area contributed by atoms with Crippen LogP contribution < -0.4 is 5.73 Å². The van der Waals surface area contributed by atoms with Crippen LogP contribution in [0.4, 0.5) is 5.69 Å². The van der Waals surface area contributed by atoms with E-state index in [0.29, 0.717) is 5.56 Å². The molecule has 0 saturated heterocycles. The van der Waals surface area contributed by atoms with Crippen LogP contribution in [0.25, 0.3) is 0 Å². The van der Waals surface area contributed by atoms with E-state index >= 15 is 0 Å². The van der Waals surface area contributed by atoms with Crippen molar-refractivity contribution in [3.63, 3.8) is 0 Å². The summed E-state index contributed by atoms with van der Waals surface area (Å²) in [6.45, 7) is 9.56. The molecule has 0 heterocycles. The second-order valence-electron chi connectivity index (χ2n) is 5.33. The fourth-order valence-corrected chi connectivity index (χ4v) is 2.57. The Morgan fingerprint density at radius 1 is 1.21 bits per heavy atom. The number of carbonyl (C=O) groups excluding carboxylic acids is 1. The molecule has 1 aromatic rings. The molecule has 0 bridgehead atoms. The molecule has 1 aromatic carbocycles. The zero-order valence-corrected chi connectivity index (χ0v) is 12.0. The molecule has 0 saturated carbocycles. The molecular formula is C14H20N2O3. The molecule has 1 amide bonds. The molecule has 104 valence electrons. The molecule has 0 aliphatic rings. The number of amides is 1. The molecule has 2 N–H and O–H groups in total. The van der Waals surface area contributed by atoms with Gasteiger partial charge in [-0.2, -0.15) is 0 Å². The number of hydrogen-bond acceptors (Lipinski definition) is 3. The third-order valence-corrected chi connectivity index (χ3v) is 3.27. The first kappa shape index (κ1) is 15.1. The van der Waals surface area contributed by atoms with E-state index < -0.39 is 10.8 Å². The minimum Gasteiger partial charge on any atom is -0.366 e. The standard InChI is InChI=1S/C14H20N2O3/c1-7(2)12-9(5)11(16(18)19)6-10(14(15)17)13(12)8(3)4/h6-8H,1-5H3,(H2,15,17). The van der Waals surface area contributed by atoms with Gasteiger partial charge in [-0.1, -0.05) is 27.7 Å². The van der Waals surface area contributed by atoms with Gasteiger partial charge < -0.3 is 5.73 Å². The molecule has 0 aliphatic heterocycles. The molecule has 5 nitrogen and oxygen atoms in total. The Hall–Kier alpha value is -1.91. The average molecular weight is 264 g/mol. The lowest BCUT2D eigenvalue weighted by molar-refractivity contribution is -0.385. The maximum absolute atomic E-state index is 11.6. The van der Waals surface area contributed by atoms with Crippen LogP contribution in [0.15, 0.2) is 6.07 Å². The minimum absolute atomic E-state index is 0.0399. The fourth-order valence-electron chi connectivity index (χ4n) is 2.57. The lowest BCUT2D eigenvalue weighted by Gasteiger charge is -2.21. The number of primary amides is 1. The Morgan fingerprint density at radius 2 is 1.68 bits per heavy atom. The van der Waals surface area contributed by atoms with Crippen LogP contribution >= 0.6 is 0 Å². The highest BCUT2D eigenvalue weighted by Crippen LogP contribution is 2.36. The second kappa shape index (κ2) is 5.38. The van der Waals surface area contributed by atoms with Crippen LogP contribution in [0.1, 0.15) is 66.6 Å². The maximum Gasteiger partial charge on any atom is 0.273 e. The second-order valence-corrected chi connectivity index (χ2v) is 5.33. The molecule has 0 aliphatic carbocycles. The van der Waals surface area contributed by atoms with Gasteiger partial charge in [-0.05, 0) is 29.9 Å². The number of nitrogens with two attached hydrogens (primary N) is 1. The predicted octanol–water partition coefficient (Wildman–Crippen LogP) is 3.25. The lowest BCUT2D eigenvalue weighted by atomic mass is 9.83. The Kier molecular flexibility index (Phi) is 4.29. The summed E-state index contributed by atoms with van der Waals surface area (Å²) in [5.74, 6) is -0.441. The van der Waals surface area contributed by atoms with Crippen molar-refractivity contribution in [3.8, 4) is 0 Å². The molecule has 0 radical (unpaired) electrons. The van der Waals surface area contributed by atoms with Crippen molar-refractivity contribution in [2.45, 2.75) is 46.5 Å². The van der Waals surface area contributed by atoms with Crippen molar-refractivity contribution in [2.24, 2.45) is 5.73 Å². The van der Waals surface area contributed by atoms with Gasteiger partial charge in [-0.25, -0.2) is 0 Å². The number of carbonyl (C=O) groups is 1. The Bertz CT molecular complexity index is 534. The lowest BCUT2D eigenvalue weighted by Crippen LogP contribution is -2.18. The zero-order valence-electron chi connectivity index (χ0n) is 12.0. The smallest absolute Gasteiger partial charge is 0.273 e. The maximum atomic E-state index is 11.6. The van der Waals surface area contributed by atoms with Gasteiger partial charge in [-0.3, -0.25) is 14.9 Å². The number of nitro benzene ring substituents is 1. The molecule has 5 heteroatoms. The SMILES string of the molecule is Cc1c([N+](=O)[O-])cc(C(N)=O)c(C(C)C)c1C(C)C. The number of hydrogen-bond donors (Lipinski definition) is 1. The first-order valence-electron chi connectivity index (χ1n) is 6.30. The van der Waals surface area contributed by atoms with Gasteiger partial charge in [0, 0.05) is 17.2 Å². The van der Waals surface area contributed by atoms with Gasteiger partial charge in [0.2, 0.25) is 5.91 Å². The highest BCUT2D eigenvalue weighted by atomic mass is 16.6. The van der Waals surface area contributed by atoms with Crippen molar-refractivity contribution < 1.29 is 9.72 Å². The molecule has 0 unspecified atom stereocenters. The quantitative estimate of drug-likeness (QED) is 0.669. The van der Waals surface area contributed by atoms with E-state index in [2.05, 4.69) is 0 Å². The molecule has 19 heavy (non-hydrogen) atoms. The van der Waals surface area contributed by atoms with Crippen molar-refractivity contribution in [2.75, 3.05) is 0 Å². The molecule has 1 rings (SSSR count). The molecule has 0 fully saturated rings. The Morgan fingerprint density at radius 3 is 2.00 bits per heavy atom. The zero-order chi connectivity index (χ0) is 14.9. The van der Waals surface area contributed by atoms with E-state index in [-0.39, 0.29) is 23.1 Å². The predicted molar refractivity (Wildman–Crippen MR) is 74.5 cm³/mol. The summed E-state index contributed by atoms with van der Waals surface area (Å²) in [5, 5.41) is 11.1. The average Bonchev–Trinajstić information content (AvgIpc) is 2.26. The van der Waals surface area contributed by atoms with Crippen LogP contribution in [-0.2, 0) is 0 Å². The van der Waals surface area contributed by atoms with E-state index in [9.17, 15) is 14.9 Å². The van der Waals surface area contributed by atoms with E-state index in [1.165, 1.54) is 6.07 Å². The van der Waals surface area contributed by atoms with Crippen LogP contribution in [-0.4, -0.2) is 10.8 Å². The van der Waals surface area contributed by atoms with Crippen LogP contribution in [0, 0.1) is 17.0 Å². The summed E-state index contributed by atoms with van der Waals surface area (Å²) >= 11 is 0. The van der Waals surface area contributed by atoms with Crippen molar-refractivity contribution in [1.29, 1.82) is 0 Å². The largest absolute Gasteiger partial charge is 0.366 e. The number of nitro groups is 1. The summed E-state index contributed by atoms with van der Waals surface area (Å²) in [6, 6.07) is 1.30. The summed E-state index contributed by atoms with van der Waals surface area (Å²) in [6.07, 6.45) is 0. The molecule has 0 aromatic heterocycles. The minimum atomic E-state index is -0.617. The van der Waals surface area contributed by atoms with Crippen molar-refractivity contribution in [3.05, 3.63) is 38.4 Å². The van der Waals surface area contributed by atoms with Crippen LogP contribution in [0.2, 0.25) is 0 Å². The first-order valence-corrected chi connectivity index (χ1v) is 6.30. The number of rotatable bonds is 4. The van der Waals surface area contributed by atoms with Crippen LogP contribution in [0.3, 0.4) is 0 Å². The molecule has 0 atom stereocenters. The normalized spacial score (nSPS) is 11.1. The van der Waals surface area contributed by atoms with Crippen molar-refractivity contribution in [1.82, 2.24) is 0 Å². The summed E-state index contributed by atoms with van der Waals surface area (Å²) in [7, 11) is 0. The summed E-state index contributed by atoms with van der Waals surface area (Å²) in [4.78, 5) is 22.2. The van der Waals surface area contributed by atoms with E-state index in [1.807, 2.05) is 27.7 Å². The van der Waals surface area contributed by atoms with Gasteiger partial charge in [0.25, 0.3) is 5.69 Å². The first-order chi connectivity index (χ1) is 8.68. The number of nitrogens with zero attached hydrogens (tertiary/aromatic N) is 1. The van der Waals surface area contributed by atoms with E-state index in [1.54, 1.807) is 6.92 Å². The van der Waals surface area contributed by atoms with Gasteiger partial charge in [0.05, 0.1) is 4.92 Å². The Labute approximate surface area is 113 Å². The topological polar surface area (TPSA) is 86.2 Å². The Balaban J connectivity index is 3.83. The van der Waals surface area contributed by atoms with E-state index in [4.69, 9.17) is 5.73 Å². The number of benzene rings is 1. The van der Waals surface area contributed by atoms with Gasteiger partial charge >= 0.3 is 0 Å². The van der Waals surface area contributed by atoms with Gasteiger partial charge in [0.15, 0.2) is 0 Å². The van der Waals surface area contributed by atoms with E-state index in [0.717, 1.165) is 11.1 Å². The summed E-state index contributed by atoms with van der Waals surface area (Å²) in [5.41, 5.74) is 7.90.